The molecule has 21 heavy (non-hydrogen) atoms. The third-order valence-electron chi connectivity index (χ3n) is 3.45. The average molecular weight is 296 g/mol. The van der Waals surface area contributed by atoms with Crippen molar-refractivity contribution in [3.05, 3.63) is 63.8 Å². The molecule has 0 amide bonds. The maximum Gasteiger partial charge on any atom is 0.201 e. The number of Topliss-reactive ketones (excluding diaryl/α,β-unsaturated/α-hetero) is 1. The zero-order valence-electron chi connectivity index (χ0n) is 12.1. The van der Waals surface area contributed by atoms with Gasteiger partial charge in [-0.15, -0.1) is 11.3 Å². The first kappa shape index (κ1) is 13.8. The van der Waals surface area contributed by atoms with Crippen molar-refractivity contribution in [2.75, 3.05) is 6.61 Å². The smallest absolute Gasteiger partial charge is 0.201 e. The van der Waals surface area contributed by atoms with E-state index in [2.05, 4.69) is 0 Å². The maximum atomic E-state index is 12.3. The van der Waals surface area contributed by atoms with Gasteiger partial charge in [-0.25, -0.2) is 0 Å². The number of thiophene rings is 1. The molecule has 3 heteroatoms. The van der Waals surface area contributed by atoms with Gasteiger partial charge >= 0.3 is 0 Å². The lowest BCUT2D eigenvalue weighted by Gasteiger charge is -2.08. The van der Waals surface area contributed by atoms with Crippen LogP contribution in [0.15, 0.2) is 48.5 Å². The van der Waals surface area contributed by atoms with Gasteiger partial charge in [0, 0.05) is 20.7 Å². The number of carbonyl (C=O) groups excluding carboxylic acids is 1. The van der Waals surface area contributed by atoms with Crippen LogP contribution in [0.4, 0.5) is 0 Å². The van der Waals surface area contributed by atoms with Gasteiger partial charge < -0.3 is 4.74 Å². The van der Waals surface area contributed by atoms with Crippen molar-refractivity contribution in [1.29, 1.82) is 0 Å². The lowest BCUT2D eigenvalue weighted by Crippen LogP contribution is -2.11. The average Bonchev–Trinajstić information content (AvgIpc) is 2.83. The van der Waals surface area contributed by atoms with Crippen molar-refractivity contribution in [2.24, 2.45) is 0 Å². The van der Waals surface area contributed by atoms with Gasteiger partial charge in [-0.1, -0.05) is 36.4 Å². The Kier molecular flexibility index (Phi) is 3.76. The van der Waals surface area contributed by atoms with Crippen molar-refractivity contribution in [3.8, 4) is 5.75 Å². The Morgan fingerprint density at radius 3 is 2.62 bits per heavy atom. The summed E-state index contributed by atoms with van der Waals surface area (Å²) in [6.45, 7) is 4.06. The summed E-state index contributed by atoms with van der Waals surface area (Å²) in [6, 6.07) is 15.8. The summed E-state index contributed by atoms with van der Waals surface area (Å²) in [5.74, 6) is 0.788. The quantitative estimate of drug-likeness (QED) is 0.648. The van der Waals surface area contributed by atoms with Gasteiger partial charge in [-0.3, -0.25) is 4.79 Å². The third kappa shape index (κ3) is 2.83. The lowest BCUT2D eigenvalue weighted by atomic mass is 10.1. The van der Waals surface area contributed by atoms with E-state index in [1.165, 1.54) is 0 Å². The van der Waals surface area contributed by atoms with Crippen LogP contribution in [0.1, 0.15) is 20.1 Å². The molecule has 0 saturated heterocycles. The molecule has 3 rings (SSSR count). The minimum Gasteiger partial charge on any atom is -0.485 e. The molecular formula is C18H16O2S. The summed E-state index contributed by atoms with van der Waals surface area (Å²) in [6.07, 6.45) is 0. The molecule has 0 unspecified atom stereocenters. The first-order chi connectivity index (χ1) is 10.1. The van der Waals surface area contributed by atoms with Gasteiger partial charge in [0.25, 0.3) is 0 Å². The molecule has 0 aliphatic carbocycles. The van der Waals surface area contributed by atoms with Gasteiger partial charge in [-0.05, 0) is 31.4 Å². The predicted octanol–water partition coefficient (Wildman–Crippen LogP) is 4.78. The van der Waals surface area contributed by atoms with Crippen LogP contribution in [0, 0.1) is 13.8 Å². The number of rotatable bonds is 4. The van der Waals surface area contributed by atoms with Crippen LogP contribution in [0.3, 0.4) is 0 Å². The fourth-order valence-corrected chi connectivity index (χ4v) is 3.39. The minimum atomic E-state index is 0.0322. The number of aryl methyl sites for hydroxylation is 2. The zero-order valence-corrected chi connectivity index (χ0v) is 12.9. The van der Waals surface area contributed by atoms with E-state index in [0.29, 0.717) is 0 Å². The van der Waals surface area contributed by atoms with Crippen LogP contribution in [-0.4, -0.2) is 12.4 Å². The summed E-state index contributed by atoms with van der Waals surface area (Å²) in [4.78, 5) is 14.5. The highest BCUT2D eigenvalue weighted by molar-refractivity contribution is 7.12. The van der Waals surface area contributed by atoms with Crippen molar-refractivity contribution in [1.82, 2.24) is 0 Å². The van der Waals surface area contributed by atoms with Crippen LogP contribution in [-0.2, 0) is 0 Å². The third-order valence-corrected chi connectivity index (χ3v) is 4.42. The fourth-order valence-electron chi connectivity index (χ4n) is 2.45. The molecule has 0 atom stereocenters. The second kappa shape index (κ2) is 5.70. The van der Waals surface area contributed by atoms with Gasteiger partial charge in [0.15, 0.2) is 6.61 Å². The monoisotopic (exact) mass is 296 g/mol. The second-order valence-electron chi connectivity index (χ2n) is 5.02. The summed E-state index contributed by atoms with van der Waals surface area (Å²) in [7, 11) is 0. The van der Waals surface area contributed by atoms with Crippen molar-refractivity contribution in [2.45, 2.75) is 13.8 Å². The molecule has 0 N–H and O–H groups in total. The number of ketones is 1. The maximum absolute atomic E-state index is 12.3. The fraction of sp³-hybridized carbons (Fsp3) is 0.167. The first-order valence-electron chi connectivity index (χ1n) is 6.86. The van der Waals surface area contributed by atoms with Crippen LogP contribution in [0.25, 0.3) is 10.8 Å². The highest BCUT2D eigenvalue weighted by atomic mass is 32.1. The standard InChI is InChI=1S/C18H16O2S/c1-12-10-16(13(2)21-12)17(19)11-20-18-9-5-7-14-6-3-4-8-15(14)18/h3-10H,11H2,1-2H3. The highest BCUT2D eigenvalue weighted by Gasteiger charge is 2.13. The Morgan fingerprint density at radius 1 is 1.10 bits per heavy atom. The Labute approximate surface area is 128 Å². The van der Waals surface area contributed by atoms with Crippen LogP contribution in [0.5, 0.6) is 5.75 Å². The summed E-state index contributed by atoms with van der Waals surface area (Å²) >= 11 is 1.65. The van der Waals surface area contributed by atoms with Gasteiger partial charge in [0.2, 0.25) is 5.78 Å². The first-order valence-corrected chi connectivity index (χ1v) is 7.67. The van der Waals surface area contributed by atoms with Gasteiger partial charge in [-0.2, -0.15) is 0 Å². The van der Waals surface area contributed by atoms with Crippen molar-refractivity contribution < 1.29 is 9.53 Å². The number of fused-ring (bicyclic) bond motifs is 1. The number of benzene rings is 2. The van der Waals surface area contributed by atoms with E-state index < -0.39 is 0 Å². The Bertz CT molecular complexity index is 797. The van der Waals surface area contributed by atoms with Crippen molar-refractivity contribution in [3.63, 3.8) is 0 Å². The molecule has 0 bridgehead atoms. The minimum absolute atomic E-state index is 0.0322. The van der Waals surface area contributed by atoms with E-state index in [-0.39, 0.29) is 12.4 Å². The Morgan fingerprint density at radius 2 is 1.86 bits per heavy atom. The molecule has 2 nitrogen and oxygen atoms in total. The van der Waals surface area contributed by atoms with Crippen LogP contribution in [0.2, 0.25) is 0 Å². The lowest BCUT2D eigenvalue weighted by molar-refractivity contribution is 0.0922. The molecule has 0 saturated carbocycles. The molecule has 2 aromatic carbocycles. The molecule has 1 aromatic heterocycles. The van der Waals surface area contributed by atoms with Crippen LogP contribution >= 0.6 is 11.3 Å². The molecule has 0 aliphatic heterocycles. The second-order valence-corrected chi connectivity index (χ2v) is 6.48. The van der Waals surface area contributed by atoms with E-state index in [0.717, 1.165) is 31.8 Å². The van der Waals surface area contributed by atoms with Crippen molar-refractivity contribution >= 4 is 27.9 Å². The Hall–Kier alpha value is -2.13. The summed E-state index contributed by atoms with van der Waals surface area (Å²) < 4.78 is 5.75. The molecule has 0 spiro atoms. The molecule has 106 valence electrons. The number of ether oxygens (including phenoxy) is 1. The van der Waals surface area contributed by atoms with E-state index in [1.807, 2.05) is 62.4 Å². The largest absolute Gasteiger partial charge is 0.485 e. The molecule has 3 aromatic rings. The SMILES string of the molecule is Cc1cc(C(=O)COc2cccc3ccccc23)c(C)s1. The van der Waals surface area contributed by atoms with E-state index in [9.17, 15) is 4.79 Å². The van der Waals surface area contributed by atoms with Gasteiger partial charge in [0.1, 0.15) is 5.75 Å². The zero-order chi connectivity index (χ0) is 14.8. The van der Waals surface area contributed by atoms with E-state index in [4.69, 9.17) is 4.74 Å². The predicted molar refractivity (Wildman–Crippen MR) is 87.6 cm³/mol. The topological polar surface area (TPSA) is 26.3 Å². The molecule has 0 radical (unpaired) electrons. The van der Waals surface area contributed by atoms with Gasteiger partial charge in [0.05, 0.1) is 0 Å². The molecular weight excluding hydrogens is 280 g/mol. The normalized spacial score (nSPS) is 10.8. The highest BCUT2D eigenvalue weighted by Crippen LogP contribution is 2.26. The van der Waals surface area contributed by atoms with Crippen LogP contribution < -0.4 is 4.74 Å². The number of carbonyl (C=O) groups is 1. The number of hydrogen-bond acceptors (Lipinski definition) is 3. The summed E-state index contributed by atoms with van der Waals surface area (Å²) in [5.41, 5.74) is 0.776. The van der Waals surface area contributed by atoms with E-state index in [1.54, 1.807) is 11.3 Å². The van der Waals surface area contributed by atoms with E-state index >= 15 is 0 Å². The number of hydrogen-bond donors (Lipinski definition) is 0. The Balaban J connectivity index is 1.81. The molecule has 0 aliphatic rings. The summed E-state index contributed by atoms with van der Waals surface area (Å²) in [5, 5.41) is 2.15. The molecule has 1 heterocycles. The molecule has 0 fully saturated rings.